The molecule has 0 N–H and O–H groups in total. The predicted molar refractivity (Wildman–Crippen MR) is 78.5 cm³/mol. The van der Waals surface area contributed by atoms with Crippen molar-refractivity contribution in [3.8, 4) is 0 Å². The number of halogens is 2. The molecule has 0 amide bonds. The number of benzene rings is 2. The van der Waals surface area contributed by atoms with Crippen molar-refractivity contribution in [1.82, 2.24) is 0 Å². The lowest BCUT2D eigenvalue weighted by Crippen LogP contribution is -1.99. The molecule has 0 radical (unpaired) electrons. The molecule has 18 heavy (non-hydrogen) atoms. The summed E-state index contributed by atoms with van der Waals surface area (Å²) in [5.41, 5.74) is 2.02. The van der Waals surface area contributed by atoms with Gasteiger partial charge in [0.25, 0.3) is 0 Å². The van der Waals surface area contributed by atoms with Gasteiger partial charge in [-0.05, 0) is 35.4 Å². The Balaban J connectivity index is 1.98. The van der Waals surface area contributed by atoms with Crippen LogP contribution >= 0.6 is 23.2 Å². The molecule has 0 aliphatic heterocycles. The Kier molecular flexibility index (Phi) is 4.81. The normalized spacial score (nSPS) is 12.3. The second kappa shape index (κ2) is 6.37. The monoisotopic (exact) mass is 298 g/mol. The fourth-order valence-corrected chi connectivity index (χ4v) is 3.19. The molecule has 1 nitrogen and oxygen atoms in total. The van der Waals surface area contributed by atoms with Gasteiger partial charge in [0.2, 0.25) is 0 Å². The summed E-state index contributed by atoms with van der Waals surface area (Å²) < 4.78 is 12.0. The third kappa shape index (κ3) is 4.13. The summed E-state index contributed by atoms with van der Waals surface area (Å²) in [7, 11) is -0.939. The van der Waals surface area contributed by atoms with Crippen molar-refractivity contribution in [3.63, 3.8) is 0 Å². The molecule has 0 heterocycles. The molecule has 0 fully saturated rings. The minimum atomic E-state index is -0.939. The molecule has 0 saturated heterocycles. The summed E-state index contributed by atoms with van der Waals surface area (Å²) in [5, 5.41) is 1.37. The van der Waals surface area contributed by atoms with Crippen LogP contribution in [0.1, 0.15) is 11.1 Å². The molecule has 0 aliphatic carbocycles. The zero-order valence-corrected chi connectivity index (χ0v) is 11.9. The molecule has 2 aromatic rings. The topological polar surface area (TPSA) is 17.1 Å². The van der Waals surface area contributed by atoms with Crippen molar-refractivity contribution in [1.29, 1.82) is 0 Å². The highest BCUT2D eigenvalue weighted by atomic mass is 35.5. The second-order valence-corrected chi connectivity index (χ2v) is 6.31. The van der Waals surface area contributed by atoms with Gasteiger partial charge in [-0.3, -0.25) is 4.21 Å². The van der Waals surface area contributed by atoms with Crippen LogP contribution < -0.4 is 0 Å². The summed E-state index contributed by atoms with van der Waals surface area (Å²) in [6.07, 6.45) is 0. The molecular weight excluding hydrogens is 287 g/mol. The highest BCUT2D eigenvalue weighted by molar-refractivity contribution is 7.83. The first-order valence-electron chi connectivity index (χ1n) is 5.47. The van der Waals surface area contributed by atoms with Gasteiger partial charge in [-0.15, -0.1) is 0 Å². The molecule has 1 atom stereocenters. The van der Waals surface area contributed by atoms with Crippen LogP contribution in [0.3, 0.4) is 0 Å². The lowest BCUT2D eigenvalue weighted by Gasteiger charge is -2.04. The smallest absolute Gasteiger partial charge is 0.0489 e. The quantitative estimate of drug-likeness (QED) is 0.815. The molecule has 0 aromatic heterocycles. The fraction of sp³-hybridized carbons (Fsp3) is 0.143. The lowest BCUT2D eigenvalue weighted by molar-refractivity contribution is 0.682. The minimum Gasteiger partial charge on any atom is -0.259 e. The first-order chi connectivity index (χ1) is 8.63. The molecule has 2 aromatic carbocycles. The van der Waals surface area contributed by atoms with Gasteiger partial charge < -0.3 is 0 Å². The Hall–Kier alpha value is -0.830. The van der Waals surface area contributed by atoms with E-state index in [-0.39, 0.29) is 0 Å². The summed E-state index contributed by atoms with van der Waals surface area (Å²) in [6.45, 7) is 0. The van der Waals surface area contributed by atoms with E-state index in [0.717, 1.165) is 11.1 Å². The zero-order chi connectivity index (χ0) is 13.0. The average molecular weight is 299 g/mol. The fourth-order valence-electron chi connectivity index (χ4n) is 1.63. The highest BCUT2D eigenvalue weighted by Gasteiger charge is 2.04. The van der Waals surface area contributed by atoms with Gasteiger partial charge in [0.05, 0.1) is 0 Å². The zero-order valence-electron chi connectivity index (χ0n) is 9.61. The lowest BCUT2D eigenvalue weighted by atomic mass is 10.2. The standard InChI is InChI=1S/C14H12Cl2OS/c15-13-6-4-11(5-7-13)9-18(17)10-12-2-1-3-14(16)8-12/h1-8H,9-10H2/t18-/m0/s1. The first kappa shape index (κ1) is 13.6. The van der Waals surface area contributed by atoms with E-state index in [1.54, 1.807) is 0 Å². The van der Waals surface area contributed by atoms with Gasteiger partial charge in [-0.2, -0.15) is 0 Å². The van der Waals surface area contributed by atoms with Gasteiger partial charge in [0, 0.05) is 32.4 Å². The second-order valence-electron chi connectivity index (χ2n) is 3.98. The molecule has 4 heteroatoms. The molecular formula is C14H12Cl2OS. The Morgan fingerprint density at radius 1 is 0.833 bits per heavy atom. The predicted octanol–water partition coefficient (Wildman–Crippen LogP) is 4.44. The van der Waals surface area contributed by atoms with Crippen molar-refractivity contribution in [2.24, 2.45) is 0 Å². The number of hydrogen-bond acceptors (Lipinski definition) is 1. The Bertz CT molecular complexity index is 552. The molecule has 0 aliphatic rings. The van der Waals surface area contributed by atoms with Crippen LogP contribution in [-0.4, -0.2) is 4.21 Å². The van der Waals surface area contributed by atoms with Crippen LogP contribution in [0.2, 0.25) is 10.0 Å². The minimum absolute atomic E-state index is 0.517. The van der Waals surface area contributed by atoms with E-state index in [0.29, 0.717) is 21.6 Å². The highest BCUT2D eigenvalue weighted by Crippen LogP contribution is 2.15. The largest absolute Gasteiger partial charge is 0.259 e. The Morgan fingerprint density at radius 2 is 1.50 bits per heavy atom. The van der Waals surface area contributed by atoms with Crippen LogP contribution in [0.25, 0.3) is 0 Å². The maximum Gasteiger partial charge on any atom is 0.0489 e. The van der Waals surface area contributed by atoms with Crippen LogP contribution in [0.5, 0.6) is 0 Å². The van der Waals surface area contributed by atoms with Gasteiger partial charge in [-0.1, -0.05) is 47.5 Å². The van der Waals surface area contributed by atoms with Crippen LogP contribution in [0.4, 0.5) is 0 Å². The molecule has 0 bridgehead atoms. The van der Waals surface area contributed by atoms with Crippen molar-refractivity contribution in [2.75, 3.05) is 0 Å². The summed E-state index contributed by atoms with van der Waals surface area (Å²) in [6, 6.07) is 14.9. The summed E-state index contributed by atoms with van der Waals surface area (Å²) in [4.78, 5) is 0. The maximum atomic E-state index is 12.0. The van der Waals surface area contributed by atoms with E-state index < -0.39 is 10.8 Å². The van der Waals surface area contributed by atoms with Gasteiger partial charge >= 0.3 is 0 Å². The van der Waals surface area contributed by atoms with Crippen LogP contribution in [0, 0.1) is 0 Å². The SMILES string of the molecule is O=[S@@](Cc1ccc(Cl)cc1)Cc1cccc(Cl)c1. The van der Waals surface area contributed by atoms with Gasteiger partial charge in [-0.25, -0.2) is 0 Å². The summed E-state index contributed by atoms with van der Waals surface area (Å²) >= 11 is 11.7. The first-order valence-corrected chi connectivity index (χ1v) is 7.72. The molecule has 0 spiro atoms. The van der Waals surface area contributed by atoms with E-state index in [1.165, 1.54) is 0 Å². The van der Waals surface area contributed by atoms with Crippen molar-refractivity contribution >= 4 is 34.0 Å². The van der Waals surface area contributed by atoms with Crippen LogP contribution in [-0.2, 0) is 22.3 Å². The van der Waals surface area contributed by atoms with E-state index in [1.807, 2.05) is 48.5 Å². The third-order valence-electron chi connectivity index (χ3n) is 2.46. The van der Waals surface area contributed by atoms with Crippen molar-refractivity contribution < 1.29 is 4.21 Å². The van der Waals surface area contributed by atoms with Crippen LogP contribution in [0.15, 0.2) is 48.5 Å². The summed E-state index contributed by atoms with van der Waals surface area (Å²) in [5.74, 6) is 1.05. The van der Waals surface area contributed by atoms with E-state index in [4.69, 9.17) is 23.2 Å². The maximum absolute atomic E-state index is 12.0. The Labute approximate surface area is 119 Å². The number of hydrogen-bond donors (Lipinski definition) is 0. The van der Waals surface area contributed by atoms with E-state index in [9.17, 15) is 4.21 Å². The Morgan fingerprint density at radius 3 is 2.17 bits per heavy atom. The van der Waals surface area contributed by atoms with E-state index >= 15 is 0 Å². The molecule has 0 saturated carbocycles. The number of rotatable bonds is 4. The molecule has 94 valence electrons. The molecule has 2 rings (SSSR count). The third-order valence-corrected chi connectivity index (χ3v) is 4.26. The van der Waals surface area contributed by atoms with Gasteiger partial charge in [0.1, 0.15) is 0 Å². The van der Waals surface area contributed by atoms with Crippen molar-refractivity contribution in [3.05, 3.63) is 69.7 Å². The van der Waals surface area contributed by atoms with Crippen molar-refractivity contribution in [2.45, 2.75) is 11.5 Å². The van der Waals surface area contributed by atoms with Gasteiger partial charge in [0.15, 0.2) is 0 Å². The average Bonchev–Trinajstić information content (AvgIpc) is 2.32. The van der Waals surface area contributed by atoms with E-state index in [2.05, 4.69) is 0 Å². The molecule has 0 unspecified atom stereocenters.